The van der Waals surface area contributed by atoms with Crippen molar-refractivity contribution in [2.45, 2.75) is 25.9 Å². The van der Waals surface area contributed by atoms with Crippen LogP contribution in [0.4, 0.5) is 0 Å². The highest BCUT2D eigenvalue weighted by Crippen LogP contribution is 2.22. The predicted molar refractivity (Wildman–Crippen MR) is 106 cm³/mol. The van der Waals surface area contributed by atoms with E-state index in [1.165, 1.54) is 0 Å². The maximum atomic E-state index is 13.0. The molecule has 1 aliphatic heterocycles. The summed E-state index contributed by atoms with van der Waals surface area (Å²) in [5.74, 6) is 0.0904. The van der Waals surface area contributed by atoms with Gasteiger partial charge in [0.2, 0.25) is 5.91 Å². The van der Waals surface area contributed by atoms with Crippen molar-refractivity contribution in [2.75, 3.05) is 32.7 Å². The van der Waals surface area contributed by atoms with E-state index in [1.807, 2.05) is 43.3 Å². The molecule has 3 rings (SSSR count). The molecule has 1 N–H and O–H groups in total. The molecule has 0 spiro atoms. The fourth-order valence-electron chi connectivity index (χ4n) is 3.55. The second kappa shape index (κ2) is 8.97. The third-order valence-electron chi connectivity index (χ3n) is 5.33. The molecule has 2 aromatic rings. The Morgan fingerprint density at radius 1 is 0.923 bits per heavy atom. The smallest absolute Gasteiger partial charge is 0.237 e. The van der Waals surface area contributed by atoms with E-state index in [-0.39, 0.29) is 18.0 Å². The number of amides is 1. The van der Waals surface area contributed by atoms with Gasteiger partial charge in [-0.3, -0.25) is 9.69 Å². The van der Waals surface area contributed by atoms with Crippen molar-refractivity contribution in [3.8, 4) is 0 Å². The van der Waals surface area contributed by atoms with E-state index in [1.54, 1.807) is 0 Å². The van der Waals surface area contributed by atoms with Gasteiger partial charge in [-0.1, -0.05) is 67.6 Å². The van der Waals surface area contributed by atoms with E-state index in [0.29, 0.717) is 0 Å². The molecule has 0 bridgehead atoms. The van der Waals surface area contributed by atoms with E-state index in [4.69, 9.17) is 0 Å². The summed E-state index contributed by atoms with van der Waals surface area (Å²) in [6.07, 6.45) is 0. The first kappa shape index (κ1) is 18.6. The maximum absolute atomic E-state index is 13.0. The third kappa shape index (κ3) is 4.51. The first-order valence-electron chi connectivity index (χ1n) is 9.55. The molecule has 0 unspecified atom stereocenters. The Balaban J connectivity index is 1.71. The highest BCUT2D eigenvalue weighted by Gasteiger charge is 2.27. The zero-order chi connectivity index (χ0) is 18.4. The molecule has 1 amide bonds. The number of rotatable bonds is 6. The van der Waals surface area contributed by atoms with Gasteiger partial charge in [-0.05, 0) is 24.6 Å². The van der Waals surface area contributed by atoms with Gasteiger partial charge >= 0.3 is 0 Å². The van der Waals surface area contributed by atoms with Crippen LogP contribution in [0.1, 0.15) is 31.0 Å². The van der Waals surface area contributed by atoms with Gasteiger partial charge in [-0.15, -0.1) is 0 Å². The minimum Gasteiger partial charge on any atom is -0.344 e. The Morgan fingerprint density at radius 3 is 1.88 bits per heavy atom. The predicted octanol–water partition coefficient (Wildman–Crippen LogP) is 2.92. The molecule has 1 fully saturated rings. The lowest BCUT2D eigenvalue weighted by Crippen LogP contribution is -2.54. The molecule has 1 heterocycles. The molecule has 1 aliphatic rings. The number of hydrogen-bond acceptors (Lipinski definition) is 3. The summed E-state index contributed by atoms with van der Waals surface area (Å²) in [4.78, 5) is 17.7. The Labute approximate surface area is 156 Å². The summed E-state index contributed by atoms with van der Waals surface area (Å²) >= 11 is 0. The van der Waals surface area contributed by atoms with E-state index >= 15 is 0 Å². The molecule has 0 saturated carbocycles. The quantitative estimate of drug-likeness (QED) is 0.869. The van der Waals surface area contributed by atoms with Crippen LogP contribution in [-0.2, 0) is 4.79 Å². The van der Waals surface area contributed by atoms with Gasteiger partial charge in [0, 0.05) is 26.2 Å². The third-order valence-corrected chi connectivity index (χ3v) is 5.33. The minimum absolute atomic E-state index is 0.0904. The standard InChI is InChI=1S/C22H29N3O/c1-3-24-14-16-25(17-15-24)18(2)22(26)23-21(19-10-6-4-7-11-19)20-12-8-5-9-13-20/h4-13,18,21H,3,14-17H2,1-2H3,(H,23,26)/t18-/m1/s1. The van der Waals surface area contributed by atoms with Crippen molar-refractivity contribution >= 4 is 5.91 Å². The van der Waals surface area contributed by atoms with Crippen LogP contribution < -0.4 is 5.32 Å². The molecular formula is C22H29N3O. The van der Waals surface area contributed by atoms with Crippen molar-refractivity contribution in [1.82, 2.24) is 15.1 Å². The number of nitrogens with one attached hydrogen (secondary N) is 1. The fraction of sp³-hybridized carbons (Fsp3) is 0.409. The molecular weight excluding hydrogens is 322 g/mol. The van der Waals surface area contributed by atoms with Gasteiger partial charge < -0.3 is 10.2 Å². The number of benzene rings is 2. The molecule has 0 aromatic heterocycles. The van der Waals surface area contributed by atoms with Crippen LogP contribution in [0.2, 0.25) is 0 Å². The summed E-state index contributed by atoms with van der Waals surface area (Å²) in [7, 11) is 0. The first-order chi connectivity index (χ1) is 12.7. The fourth-order valence-corrected chi connectivity index (χ4v) is 3.55. The Hall–Kier alpha value is -2.17. The summed E-state index contributed by atoms with van der Waals surface area (Å²) in [5.41, 5.74) is 2.21. The largest absolute Gasteiger partial charge is 0.344 e. The number of hydrogen-bond donors (Lipinski definition) is 1. The monoisotopic (exact) mass is 351 g/mol. The normalized spacial score (nSPS) is 17.2. The second-order valence-electron chi connectivity index (χ2n) is 6.91. The van der Waals surface area contributed by atoms with Crippen molar-refractivity contribution in [3.63, 3.8) is 0 Å². The number of carbonyl (C=O) groups is 1. The molecule has 1 saturated heterocycles. The van der Waals surface area contributed by atoms with Crippen LogP contribution in [0.25, 0.3) is 0 Å². The molecule has 1 atom stereocenters. The van der Waals surface area contributed by atoms with Crippen LogP contribution in [-0.4, -0.2) is 54.5 Å². The van der Waals surface area contributed by atoms with Gasteiger partial charge in [0.25, 0.3) is 0 Å². The summed E-state index contributed by atoms with van der Waals surface area (Å²) in [5, 5.41) is 3.28. The van der Waals surface area contributed by atoms with Gasteiger partial charge in [0.05, 0.1) is 12.1 Å². The molecule has 2 aromatic carbocycles. The van der Waals surface area contributed by atoms with E-state index in [2.05, 4.69) is 46.3 Å². The molecule has 26 heavy (non-hydrogen) atoms. The summed E-state index contributed by atoms with van der Waals surface area (Å²) in [6, 6.07) is 20.1. The summed E-state index contributed by atoms with van der Waals surface area (Å²) in [6.45, 7) is 9.26. The number of piperazine rings is 1. The van der Waals surface area contributed by atoms with Gasteiger partial charge in [0.15, 0.2) is 0 Å². The highest BCUT2D eigenvalue weighted by molar-refractivity contribution is 5.82. The number of carbonyl (C=O) groups excluding carboxylic acids is 1. The van der Waals surface area contributed by atoms with Crippen molar-refractivity contribution in [3.05, 3.63) is 71.8 Å². The van der Waals surface area contributed by atoms with Crippen LogP contribution >= 0.6 is 0 Å². The Morgan fingerprint density at radius 2 is 1.42 bits per heavy atom. The summed E-state index contributed by atoms with van der Waals surface area (Å²) < 4.78 is 0. The van der Waals surface area contributed by atoms with Crippen molar-refractivity contribution in [2.24, 2.45) is 0 Å². The van der Waals surface area contributed by atoms with Gasteiger partial charge in [0.1, 0.15) is 0 Å². The van der Waals surface area contributed by atoms with E-state index in [9.17, 15) is 4.79 Å². The lowest BCUT2D eigenvalue weighted by molar-refractivity contribution is -0.127. The Bertz CT molecular complexity index is 642. The van der Waals surface area contributed by atoms with Crippen LogP contribution in [0.15, 0.2) is 60.7 Å². The average Bonchev–Trinajstić information content (AvgIpc) is 2.72. The maximum Gasteiger partial charge on any atom is 0.237 e. The zero-order valence-electron chi connectivity index (χ0n) is 15.8. The van der Waals surface area contributed by atoms with E-state index in [0.717, 1.165) is 43.9 Å². The van der Waals surface area contributed by atoms with Crippen molar-refractivity contribution < 1.29 is 4.79 Å². The van der Waals surface area contributed by atoms with Crippen LogP contribution in [0, 0.1) is 0 Å². The number of nitrogens with zero attached hydrogens (tertiary/aromatic N) is 2. The molecule has 0 aliphatic carbocycles. The molecule has 4 heteroatoms. The first-order valence-corrected chi connectivity index (χ1v) is 9.55. The molecule has 4 nitrogen and oxygen atoms in total. The lowest BCUT2D eigenvalue weighted by atomic mass is 9.98. The molecule has 0 radical (unpaired) electrons. The minimum atomic E-state index is -0.121. The second-order valence-corrected chi connectivity index (χ2v) is 6.91. The lowest BCUT2D eigenvalue weighted by Gasteiger charge is -2.37. The zero-order valence-corrected chi connectivity index (χ0v) is 15.8. The topological polar surface area (TPSA) is 35.6 Å². The van der Waals surface area contributed by atoms with Crippen LogP contribution in [0.5, 0.6) is 0 Å². The molecule has 138 valence electrons. The number of likely N-dealkylation sites (N-methyl/N-ethyl adjacent to an activating group) is 1. The highest BCUT2D eigenvalue weighted by atomic mass is 16.2. The van der Waals surface area contributed by atoms with Gasteiger partial charge in [-0.25, -0.2) is 0 Å². The van der Waals surface area contributed by atoms with Crippen LogP contribution in [0.3, 0.4) is 0 Å². The SMILES string of the molecule is CCN1CCN([C@H](C)C(=O)NC(c2ccccc2)c2ccccc2)CC1. The Kier molecular flexibility index (Phi) is 6.42. The van der Waals surface area contributed by atoms with E-state index < -0.39 is 0 Å². The van der Waals surface area contributed by atoms with Gasteiger partial charge in [-0.2, -0.15) is 0 Å². The van der Waals surface area contributed by atoms with Crippen molar-refractivity contribution in [1.29, 1.82) is 0 Å². The average molecular weight is 351 g/mol.